The normalized spacial score (nSPS) is 18.9. The summed E-state index contributed by atoms with van der Waals surface area (Å²) in [6.45, 7) is 5.05. The quantitative estimate of drug-likeness (QED) is 0.627. The first kappa shape index (κ1) is 19.1. The van der Waals surface area contributed by atoms with E-state index in [1.165, 1.54) is 18.5 Å². The number of aryl methyl sites for hydroxylation is 2. The van der Waals surface area contributed by atoms with Crippen LogP contribution in [0.25, 0.3) is 0 Å². The van der Waals surface area contributed by atoms with Gasteiger partial charge in [-0.05, 0) is 50.2 Å². The van der Waals surface area contributed by atoms with Crippen LogP contribution in [0.3, 0.4) is 0 Å². The Morgan fingerprint density at radius 2 is 1.81 bits per heavy atom. The summed E-state index contributed by atoms with van der Waals surface area (Å²) < 4.78 is 4.03. The molecule has 1 fully saturated rings. The molecule has 1 aliphatic carbocycles. The fourth-order valence-corrected chi connectivity index (χ4v) is 4.02. The molecule has 27 heavy (non-hydrogen) atoms. The van der Waals surface area contributed by atoms with Crippen LogP contribution in [0.15, 0.2) is 12.4 Å². The molecule has 1 aliphatic rings. The number of nitrogens with one attached hydrogen (secondary N) is 4. The van der Waals surface area contributed by atoms with Crippen LogP contribution < -0.4 is 16.0 Å². The van der Waals surface area contributed by atoms with Gasteiger partial charge in [-0.3, -0.25) is 14.4 Å². The largest absolute Gasteiger partial charge is 0.363 e. The third-order valence-corrected chi connectivity index (χ3v) is 5.57. The average molecular weight is 389 g/mol. The molecular weight excluding hydrogens is 366 g/mol. The Hall–Kier alpha value is -2.68. The van der Waals surface area contributed by atoms with Gasteiger partial charge in [0.25, 0.3) is 11.8 Å². The lowest BCUT2D eigenvalue weighted by Gasteiger charge is -2.15. The molecule has 0 bridgehead atoms. The first-order valence-corrected chi connectivity index (χ1v) is 9.61. The van der Waals surface area contributed by atoms with Crippen molar-refractivity contribution in [2.75, 3.05) is 5.32 Å². The second-order valence-electron chi connectivity index (χ2n) is 6.88. The number of aromatic amines is 1. The van der Waals surface area contributed by atoms with Crippen LogP contribution in [0.1, 0.15) is 57.5 Å². The highest BCUT2D eigenvalue weighted by Crippen LogP contribution is 2.23. The minimum absolute atomic E-state index is 0.0198. The van der Waals surface area contributed by atoms with Gasteiger partial charge in [-0.25, -0.2) is 4.37 Å². The minimum atomic E-state index is -0.231. The Bertz CT molecular complexity index is 872. The van der Waals surface area contributed by atoms with Crippen LogP contribution in [0.4, 0.5) is 5.69 Å². The van der Waals surface area contributed by atoms with E-state index in [1.54, 1.807) is 19.3 Å². The molecule has 0 saturated heterocycles. The summed E-state index contributed by atoms with van der Waals surface area (Å²) in [7, 11) is 0. The van der Waals surface area contributed by atoms with Crippen LogP contribution in [0.5, 0.6) is 0 Å². The zero-order chi connectivity index (χ0) is 19.6. The van der Waals surface area contributed by atoms with E-state index in [4.69, 9.17) is 0 Å². The van der Waals surface area contributed by atoms with Crippen LogP contribution in [-0.2, 0) is 4.79 Å². The van der Waals surface area contributed by atoms with Gasteiger partial charge in [0.1, 0.15) is 4.88 Å². The van der Waals surface area contributed by atoms with E-state index in [0.717, 1.165) is 18.4 Å². The highest BCUT2D eigenvalue weighted by molar-refractivity contribution is 7.08. The lowest BCUT2D eigenvalue weighted by Crippen LogP contribution is -2.37. The van der Waals surface area contributed by atoms with Crippen molar-refractivity contribution in [3.8, 4) is 0 Å². The molecule has 0 radical (unpaired) electrons. The highest BCUT2D eigenvalue weighted by atomic mass is 32.1. The van der Waals surface area contributed by atoms with Crippen molar-refractivity contribution in [3.63, 3.8) is 0 Å². The summed E-state index contributed by atoms with van der Waals surface area (Å²) in [5.41, 5.74) is 2.48. The van der Waals surface area contributed by atoms with Gasteiger partial charge < -0.3 is 20.9 Å². The molecule has 3 rings (SSSR count). The molecule has 0 spiro atoms. The van der Waals surface area contributed by atoms with Crippen molar-refractivity contribution in [2.24, 2.45) is 0 Å². The van der Waals surface area contributed by atoms with E-state index in [2.05, 4.69) is 25.3 Å². The molecule has 1 saturated carbocycles. The molecular formula is C18H23N5O3S. The van der Waals surface area contributed by atoms with Gasteiger partial charge in [-0.1, -0.05) is 0 Å². The fourth-order valence-electron chi connectivity index (χ4n) is 3.37. The Morgan fingerprint density at radius 1 is 1.15 bits per heavy atom. The summed E-state index contributed by atoms with van der Waals surface area (Å²) in [6, 6.07) is -0.00345. The molecule has 4 N–H and O–H groups in total. The molecule has 8 nitrogen and oxygen atoms in total. The van der Waals surface area contributed by atoms with Gasteiger partial charge in [0.15, 0.2) is 0 Å². The number of amides is 3. The zero-order valence-corrected chi connectivity index (χ0v) is 16.3. The second-order valence-corrected chi connectivity index (χ2v) is 7.68. The van der Waals surface area contributed by atoms with Gasteiger partial charge in [0, 0.05) is 37.1 Å². The smallest absolute Gasteiger partial charge is 0.263 e. The summed E-state index contributed by atoms with van der Waals surface area (Å²) in [5, 5.41) is 8.70. The molecule has 0 unspecified atom stereocenters. The number of hydrogen-bond acceptors (Lipinski definition) is 5. The highest BCUT2D eigenvalue weighted by Gasteiger charge is 2.29. The van der Waals surface area contributed by atoms with E-state index in [-0.39, 0.29) is 29.8 Å². The molecule has 9 heteroatoms. The molecule has 3 amide bonds. The van der Waals surface area contributed by atoms with Crippen LogP contribution >= 0.6 is 11.5 Å². The monoisotopic (exact) mass is 389 g/mol. The van der Waals surface area contributed by atoms with Crippen molar-refractivity contribution in [3.05, 3.63) is 34.1 Å². The molecule has 2 heterocycles. The van der Waals surface area contributed by atoms with Crippen molar-refractivity contribution in [2.45, 2.75) is 52.1 Å². The molecule has 2 atom stereocenters. The van der Waals surface area contributed by atoms with Crippen molar-refractivity contribution < 1.29 is 14.4 Å². The van der Waals surface area contributed by atoms with Crippen LogP contribution in [-0.4, -0.2) is 39.2 Å². The van der Waals surface area contributed by atoms with E-state index >= 15 is 0 Å². The number of rotatable bonds is 5. The van der Waals surface area contributed by atoms with Gasteiger partial charge >= 0.3 is 0 Å². The number of H-pyrrole nitrogens is 1. The fraction of sp³-hybridized carbons (Fsp3) is 0.444. The third-order valence-electron chi connectivity index (χ3n) is 4.67. The Morgan fingerprint density at radius 3 is 2.41 bits per heavy atom. The number of carbonyl (C=O) groups excluding carboxylic acids is 3. The first-order valence-electron chi connectivity index (χ1n) is 8.83. The van der Waals surface area contributed by atoms with Crippen molar-refractivity contribution in [1.29, 1.82) is 0 Å². The van der Waals surface area contributed by atoms with Gasteiger partial charge in [0.2, 0.25) is 5.91 Å². The molecule has 2 aromatic rings. The van der Waals surface area contributed by atoms with E-state index < -0.39 is 0 Å². The number of nitrogens with zero attached hydrogens (tertiary/aromatic N) is 1. The first-order chi connectivity index (χ1) is 12.8. The van der Waals surface area contributed by atoms with Crippen LogP contribution in [0.2, 0.25) is 0 Å². The lowest BCUT2D eigenvalue weighted by atomic mass is 10.1. The predicted molar refractivity (Wildman–Crippen MR) is 103 cm³/mol. The molecule has 144 valence electrons. The molecule has 2 aromatic heterocycles. The summed E-state index contributed by atoms with van der Waals surface area (Å²) in [6.07, 6.45) is 5.56. The lowest BCUT2D eigenvalue weighted by molar-refractivity contribution is -0.114. The molecule has 0 aliphatic heterocycles. The van der Waals surface area contributed by atoms with Gasteiger partial charge in [-0.2, -0.15) is 0 Å². The second kappa shape index (κ2) is 7.91. The number of hydrogen-bond donors (Lipinski definition) is 4. The number of carbonyl (C=O) groups is 3. The SMILES string of the molecule is CC(=O)Nc1c[nH]c(C)c1C(=O)N[C@@H]1CC[C@H](NC(=O)c2sncc2C)C1. The van der Waals surface area contributed by atoms with Crippen LogP contribution in [0, 0.1) is 13.8 Å². The third kappa shape index (κ3) is 4.36. The van der Waals surface area contributed by atoms with Crippen molar-refractivity contribution in [1.82, 2.24) is 20.0 Å². The summed E-state index contributed by atoms with van der Waals surface area (Å²) >= 11 is 1.19. The predicted octanol–water partition coefficient (Wildman–Crippen LogP) is 2.13. The Balaban J connectivity index is 1.58. The number of aromatic nitrogens is 2. The topological polar surface area (TPSA) is 116 Å². The maximum atomic E-state index is 12.7. The average Bonchev–Trinajstić information content (AvgIpc) is 3.28. The zero-order valence-electron chi connectivity index (χ0n) is 15.5. The van der Waals surface area contributed by atoms with Gasteiger partial charge in [0.05, 0.1) is 11.3 Å². The molecule has 0 aromatic carbocycles. The standard InChI is InChI=1S/C18H23N5O3S/c1-9-7-20-27-16(9)18(26)23-13-5-4-12(6-13)22-17(25)15-10(2)19-8-14(15)21-11(3)24/h7-8,12-13,19H,4-6H2,1-3H3,(H,21,24)(H,22,25)(H,23,26)/t12-,13+/m1/s1. The summed E-state index contributed by atoms with van der Waals surface area (Å²) in [4.78, 5) is 39.9. The van der Waals surface area contributed by atoms with Gasteiger partial charge in [-0.15, -0.1) is 0 Å². The minimum Gasteiger partial charge on any atom is -0.363 e. The van der Waals surface area contributed by atoms with Crippen molar-refractivity contribution >= 4 is 34.9 Å². The Kier molecular flexibility index (Phi) is 5.59. The maximum absolute atomic E-state index is 12.7. The summed E-state index contributed by atoms with van der Waals surface area (Å²) in [5.74, 6) is -0.570. The maximum Gasteiger partial charge on any atom is 0.263 e. The van der Waals surface area contributed by atoms with E-state index in [0.29, 0.717) is 28.2 Å². The Labute approximate surface area is 161 Å². The van der Waals surface area contributed by atoms with E-state index in [9.17, 15) is 14.4 Å². The van der Waals surface area contributed by atoms with E-state index in [1.807, 2.05) is 6.92 Å². The number of anilines is 1.